The van der Waals surface area contributed by atoms with Crippen LogP contribution in [0.3, 0.4) is 0 Å². The Balaban J connectivity index is 2.01. The average molecular weight is 242 g/mol. The lowest BCUT2D eigenvalue weighted by Gasteiger charge is -2.22. The van der Waals surface area contributed by atoms with E-state index in [-0.39, 0.29) is 11.8 Å². The van der Waals surface area contributed by atoms with Gasteiger partial charge in [-0.2, -0.15) is 0 Å². The van der Waals surface area contributed by atoms with Gasteiger partial charge in [0, 0.05) is 22.7 Å². The summed E-state index contributed by atoms with van der Waals surface area (Å²) in [6.07, 6.45) is 5.13. The van der Waals surface area contributed by atoms with Crippen LogP contribution in [0.5, 0.6) is 0 Å². The summed E-state index contributed by atoms with van der Waals surface area (Å²) in [5, 5.41) is 4.41. The Morgan fingerprint density at radius 2 is 2.22 bits per heavy atom. The molecule has 2 N–H and O–H groups in total. The molecule has 1 atom stereocenters. The summed E-state index contributed by atoms with van der Waals surface area (Å²) in [4.78, 5) is 15.7. The van der Waals surface area contributed by atoms with Crippen LogP contribution in [0.4, 0.5) is 0 Å². The number of benzene rings is 1. The summed E-state index contributed by atoms with van der Waals surface area (Å²) in [6.45, 7) is 3.01. The minimum absolute atomic E-state index is 0.00245. The van der Waals surface area contributed by atoms with E-state index in [9.17, 15) is 4.79 Å². The first-order valence-electron chi connectivity index (χ1n) is 6.61. The molecule has 3 nitrogen and oxygen atoms in total. The van der Waals surface area contributed by atoms with Crippen LogP contribution < -0.4 is 5.32 Å². The number of carbonyl (C=O) groups excluding carboxylic acids is 1. The molecule has 0 radical (unpaired) electrons. The second-order valence-corrected chi connectivity index (χ2v) is 5.07. The zero-order valence-electron chi connectivity index (χ0n) is 10.6. The van der Waals surface area contributed by atoms with Crippen molar-refractivity contribution in [3.05, 3.63) is 35.5 Å². The summed E-state index contributed by atoms with van der Waals surface area (Å²) in [6, 6.07) is 6.09. The van der Waals surface area contributed by atoms with E-state index < -0.39 is 0 Å². The summed E-state index contributed by atoms with van der Waals surface area (Å²) < 4.78 is 0. The van der Waals surface area contributed by atoms with Crippen molar-refractivity contribution in [2.75, 3.05) is 6.54 Å². The van der Waals surface area contributed by atoms with E-state index in [1.54, 1.807) is 0 Å². The molecular formula is C15H18N2O. The van der Waals surface area contributed by atoms with Gasteiger partial charge in [0.1, 0.15) is 0 Å². The molecule has 1 fully saturated rings. The third-order valence-electron chi connectivity index (χ3n) is 3.81. The number of fused-ring (bicyclic) bond motifs is 1. The van der Waals surface area contributed by atoms with Crippen molar-refractivity contribution >= 4 is 16.7 Å². The van der Waals surface area contributed by atoms with Crippen LogP contribution in [0.15, 0.2) is 24.4 Å². The van der Waals surface area contributed by atoms with Crippen LogP contribution in [0.25, 0.3) is 10.9 Å². The van der Waals surface area contributed by atoms with Crippen molar-refractivity contribution in [3.8, 4) is 0 Å². The summed E-state index contributed by atoms with van der Waals surface area (Å²) in [5.41, 5.74) is 3.05. The maximum absolute atomic E-state index is 12.5. The van der Waals surface area contributed by atoms with Gasteiger partial charge in [-0.05, 0) is 37.9 Å². The second-order valence-electron chi connectivity index (χ2n) is 5.07. The number of hydrogen-bond acceptors (Lipinski definition) is 2. The van der Waals surface area contributed by atoms with Crippen LogP contribution in [-0.4, -0.2) is 23.4 Å². The molecular weight excluding hydrogens is 224 g/mol. The number of carbonyl (C=O) groups is 1. The number of hydrogen-bond donors (Lipinski definition) is 2. The Labute approximate surface area is 107 Å². The van der Waals surface area contributed by atoms with Gasteiger partial charge in [0.15, 0.2) is 5.78 Å². The predicted octanol–water partition coefficient (Wildman–Crippen LogP) is 2.80. The molecule has 18 heavy (non-hydrogen) atoms. The molecule has 3 rings (SSSR count). The van der Waals surface area contributed by atoms with Crippen LogP contribution in [0.2, 0.25) is 0 Å². The Bertz CT molecular complexity index is 579. The smallest absolute Gasteiger partial charge is 0.181 e. The van der Waals surface area contributed by atoms with Crippen molar-refractivity contribution < 1.29 is 4.79 Å². The van der Waals surface area contributed by atoms with E-state index in [0.29, 0.717) is 0 Å². The van der Waals surface area contributed by atoms with Crippen molar-refractivity contribution in [3.63, 3.8) is 0 Å². The minimum Gasteiger partial charge on any atom is -0.360 e. The molecule has 0 saturated carbocycles. The Morgan fingerprint density at radius 1 is 1.33 bits per heavy atom. The van der Waals surface area contributed by atoms with Crippen LogP contribution >= 0.6 is 0 Å². The number of nitrogens with one attached hydrogen (secondary N) is 2. The summed E-state index contributed by atoms with van der Waals surface area (Å²) >= 11 is 0. The topological polar surface area (TPSA) is 44.9 Å². The third-order valence-corrected chi connectivity index (χ3v) is 3.81. The molecule has 0 spiro atoms. The molecule has 1 aromatic heterocycles. The van der Waals surface area contributed by atoms with E-state index in [0.717, 1.165) is 41.4 Å². The summed E-state index contributed by atoms with van der Waals surface area (Å²) in [7, 11) is 0. The van der Waals surface area contributed by atoms with Crippen molar-refractivity contribution in [2.24, 2.45) is 0 Å². The monoisotopic (exact) mass is 242 g/mol. The molecule has 2 aromatic rings. The standard InChI is InChI=1S/C15H18N2O/c1-10-5-4-7-12-14(10)11(9-17-12)15(18)13-6-2-3-8-16-13/h4-5,7,9,13,16-17H,2-3,6,8H2,1H3. The highest BCUT2D eigenvalue weighted by Crippen LogP contribution is 2.24. The van der Waals surface area contributed by atoms with Gasteiger partial charge in [-0.15, -0.1) is 0 Å². The lowest BCUT2D eigenvalue weighted by Crippen LogP contribution is -2.40. The highest BCUT2D eigenvalue weighted by Gasteiger charge is 2.24. The highest BCUT2D eigenvalue weighted by molar-refractivity contribution is 6.11. The van der Waals surface area contributed by atoms with Gasteiger partial charge in [-0.25, -0.2) is 0 Å². The lowest BCUT2D eigenvalue weighted by molar-refractivity contribution is 0.0929. The minimum atomic E-state index is -0.00245. The van der Waals surface area contributed by atoms with Crippen LogP contribution in [0, 0.1) is 6.92 Å². The first-order valence-corrected chi connectivity index (χ1v) is 6.61. The first kappa shape index (κ1) is 11.5. The largest absolute Gasteiger partial charge is 0.360 e. The van der Waals surface area contributed by atoms with Gasteiger partial charge in [-0.3, -0.25) is 4.79 Å². The fourth-order valence-electron chi connectivity index (χ4n) is 2.83. The molecule has 2 heterocycles. The molecule has 1 saturated heterocycles. The molecule has 0 aliphatic carbocycles. The molecule has 0 bridgehead atoms. The molecule has 3 heteroatoms. The zero-order valence-corrected chi connectivity index (χ0v) is 10.6. The van der Waals surface area contributed by atoms with Gasteiger partial charge in [0.25, 0.3) is 0 Å². The van der Waals surface area contributed by atoms with Crippen molar-refractivity contribution in [1.82, 2.24) is 10.3 Å². The van der Waals surface area contributed by atoms with E-state index >= 15 is 0 Å². The Morgan fingerprint density at radius 3 is 3.00 bits per heavy atom. The number of aromatic amines is 1. The van der Waals surface area contributed by atoms with Gasteiger partial charge in [0.05, 0.1) is 6.04 Å². The number of rotatable bonds is 2. The van der Waals surface area contributed by atoms with Crippen LogP contribution in [-0.2, 0) is 0 Å². The molecule has 1 unspecified atom stereocenters. The maximum Gasteiger partial charge on any atom is 0.181 e. The number of ketones is 1. The molecule has 1 aliphatic rings. The van der Waals surface area contributed by atoms with E-state index in [1.165, 1.54) is 6.42 Å². The Kier molecular flexibility index (Phi) is 2.92. The normalized spacial score (nSPS) is 20.2. The average Bonchev–Trinajstić information content (AvgIpc) is 2.84. The number of piperidine rings is 1. The van der Waals surface area contributed by atoms with Gasteiger partial charge >= 0.3 is 0 Å². The van der Waals surface area contributed by atoms with E-state index in [2.05, 4.69) is 23.3 Å². The zero-order chi connectivity index (χ0) is 12.5. The van der Waals surface area contributed by atoms with Crippen molar-refractivity contribution in [1.29, 1.82) is 0 Å². The van der Waals surface area contributed by atoms with Crippen LogP contribution in [0.1, 0.15) is 35.2 Å². The highest BCUT2D eigenvalue weighted by atomic mass is 16.1. The molecule has 0 amide bonds. The Hall–Kier alpha value is -1.61. The van der Waals surface area contributed by atoms with Gasteiger partial charge in [-0.1, -0.05) is 18.6 Å². The van der Waals surface area contributed by atoms with Crippen molar-refractivity contribution in [2.45, 2.75) is 32.2 Å². The van der Waals surface area contributed by atoms with E-state index in [4.69, 9.17) is 0 Å². The summed E-state index contributed by atoms with van der Waals surface area (Å²) in [5.74, 6) is 0.232. The SMILES string of the molecule is Cc1cccc2[nH]cc(C(=O)C3CCCCN3)c12. The third kappa shape index (κ3) is 1.85. The molecule has 94 valence electrons. The fraction of sp³-hybridized carbons (Fsp3) is 0.400. The van der Waals surface area contributed by atoms with Gasteiger partial charge < -0.3 is 10.3 Å². The first-order chi connectivity index (χ1) is 8.77. The lowest BCUT2D eigenvalue weighted by atomic mass is 9.95. The fourth-order valence-corrected chi connectivity index (χ4v) is 2.83. The number of aryl methyl sites for hydroxylation is 1. The maximum atomic E-state index is 12.5. The number of aromatic nitrogens is 1. The molecule has 1 aliphatic heterocycles. The van der Waals surface area contributed by atoms with Gasteiger partial charge in [0.2, 0.25) is 0 Å². The van der Waals surface area contributed by atoms with E-state index in [1.807, 2.05) is 18.3 Å². The number of Topliss-reactive ketones (excluding diaryl/α,β-unsaturated/α-hetero) is 1. The predicted molar refractivity (Wildman–Crippen MR) is 73.0 cm³/mol. The number of H-pyrrole nitrogens is 1. The second kappa shape index (κ2) is 4.58. The quantitative estimate of drug-likeness (QED) is 0.795. The molecule has 1 aromatic carbocycles.